The first-order chi connectivity index (χ1) is 24.2. The highest BCUT2D eigenvalue weighted by Gasteiger charge is 2.19. The van der Waals surface area contributed by atoms with Crippen LogP contribution in [0.15, 0.2) is 116 Å². The van der Waals surface area contributed by atoms with Crippen LogP contribution in [-0.4, -0.2) is 0 Å². The van der Waals surface area contributed by atoms with Gasteiger partial charge in [-0.2, -0.15) is 0 Å². The van der Waals surface area contributed by atoms with Crippen molar-refractivity contribution in [2.75, 3.05) is 4.90 Å². The van der Waals surface area contributed by atoms with Crippen LogP contribution >= 0.6 is 11.3 Å². The first-order valence-corrected chi connectivity index (χ1v) is 18.6. The van der Waals surface area contributed by atoms with E-state index in [-0.39, 0.29) is 1.43 Å². The van der Waals surface area contributed by atoms with Gasteiger partial charge in [-0.05, 0) is 185 Å². The molecule has 0 aliphatic carbocycles. The van der Waals surface area contributed by atoms with Crippen molar-refractivity contribution in [2.24, 2.45) is 0 Å². The molecule has 0 unspecified atom stereocenters. The minimum absolute atomic E-state index is 0. The fourth-order valence-corrected chi connectivity index (χ4v) is 8.79. The Hall–Kier alpha value is -4.92. The molecule has 0 fully saturated rings. The van der Waals surface area contributed by atoms with Crippen molar-refractivity contribution >= 4 is 28.4 Å². The molecule has 5 aromatic carbocycles. The molecule has 0 amide bonds. The SMILES string of the molecule is C=CC(=C)C.Cc1cc(C)c(-c2ccc(N(c3ccc(-c4c(C)cc(C)cc4C)cc3)c3cc(C)c(-c4sc(C)cc4C)c(C)c3)cc2)c(C)c1.[HH]. The Kier molecular flexibility index (Phi) is 11.4. The molecule has 0 aliphatic heterocycles. The number of nitrogens with zero attached hydrogens (tertiary/aromatic N) is 1. The van der Waals surface area contributed by atoms with Gasteiger partial charge in [0.2, 0.25) is 0 Å². The molecule has 0 bridgehead atoms. The highest BCUT2D eigenvalue weighted by Crippen LogP contribution is 2.43. The summed E-state index contributed by atoms with van der Waals surface area (Å²) in [5.41, 5.74) is 22.9. The summed E-state index contributed by atoms with van der Waals surface area (Å²) in [6.45, 7) is 31.1. The van der Waals surface area contributed by atoms with Crippen molar-refractivity contribution in [1.29, 1.82) is 0 Å². The molecular formula is C49H55NS. The zero-order chi connectivity index (χ0) is 37.1. The normalized spacial score (nSPS) is 10.8. The molecular weight excluding hydrogens is 635 g/mol. The van der Waals surface area contributed by atoms with Crippen LogP contribution in [0.3, 0.4) is 0 Å². The van der Waals surface area contributed by atoms with E-state index in [9.17, 15) is 0 Å². The molecule has 0 saturated heterocycles. The molecule has 6 rings (SSSR count). The van der Waals surface area contributed by atoms with Gasteiger partial charge in [-0.1, -0.05) is 84.5 Å². The van der Waals surface area contributed by atoms with Gasteiger partial charge in [0.05, 0.1) is 0 Å². The molecule has 0 saturated carbocycles. The summed E-state index contributed by atoms with van der Waals surface area (Å²) < 4.78 is 0. The van der Waals surface area contributed by atoms with Crippen LogP contribution in [0.1, 0.15) is 63.3 Å². The molecule has 262 valence electrons. The number of hydrogen-bond donors (Lipinski definition) is 0. The van der Waals surface area contributed by atoms with E-state index >= 15 is 0 Å². The quantitative estimate of drug-likeness (QED) is 0.151. The summed E-state index contributed by atoms with van der Waals surface area (Å²) in [5.74, 6) is 0. The second-order valence-corrected chi connectivity index (χ2v) is 15.6. The Morgan fingerprint density at radius 1 is 0.510 bits per heavy atom. The zero-order valence-electron chi connectivity index (χ0n) is 32.5. The van der Waals surface area contributed by atoms with E-state index in [1.807, 2.05) is 18.3 Å². The number of allylic oxidation sites excluding steroid dienone is 2. The maximum atomic E-state index is 3.56. The molecule has 0 spiro atoms. The van der Waals surface area contributed by atoms with E-state index < -0.39 is 0 Å². The smallest absolute Gasteiger partial charge is 0.0467 e. The van der Waals surface area contributed by atoms with Crippen molar-refractivity contribution in [3.8, 4) is 32.7 Å². The Bertz CT molecular complexity index is 2060. The molecule has 2 heteroatoms. The Labute approximate surface area is 313 Å². The third-order valence-electron chi connectivity index (χ3n) is 9.57. The van der Waals surface area contributed by atoms with Crippen molar-refractivity contribution in [3.63, 3.8) is 0 Å². The Morgan fingerprint density at radius 2 is 0.863 bits per heavy atom. The second kappa shape index (κ2) is 15.5. The predicted octanol–water partition coefficient (Wildman–Crippen LogP) is 15.3. The summed E-state index contributed by atoms with van der Waals surface area (Å²) >= 11 is 1.89. The number of rotatable bonds is 7. The maximum absolute atomic E-state index is 3.56. The summed E-state index contributed by atoms with van der Waals surface area (Å²) in [4.78, 5) is 5.15. The maximum Gasteiger partial charge on any atom is 0.0467 e. The van der Waals surface area contributed by atoms with Crippen LogP contribution in [0.5, 0.6) is 0 Å². The monoisotopic (exact) mass is 689 g/mol. The van der Waals surface area contributed by atoms with Crippen LogP contribution in [-0.2, 0) is 0 Å². The summed E-state index contributed by atoms with van der Waals surface area (Å²) in [6, 6.07) is 34.4. The van der Waals surface area contributed by atoms with Gasteiger partial charge in [0.15, 0.2) is 0 Å². The van der Waals surface area contributed by atoms with Crippen molar-refractivity contribution in [3.05, 3.63) is 171 Å². The standard InChI is InChI=1S/C44H45NS.C5H8.H2/c1-26-19-28(3)41(29(4)20-26)36-11-15-38(16-12-36)45(39-17-13-37(14-18-39)42-30(5)21-27(2)22-31(42)6)40-24-32(7)43(33(8)25-40)44-34(9)23-35(10)46-44;1-4-5(2)3;/h11-25H,1-10H3;4H,1-2H2,3H3;1H. The van der Waals surface area contributed by atoms with E-state index in [4.69, 9.17) is 0 Å². The van der Waals surface area contributed by atoms with E-state index in [1.54, 1.807) is 6.08 Å². The summed E-state index contributed by atoms with van der Waals surface area (Å²) in [6.07, 6.45) is 1.72. The van der Waals surface area contributed by atoms with Gasteiger partial charge >= 0.3 is 0 Å². The van der Waals surface area contributed by atoms with Gasteiger partial charge < -0.3 is 4.90 Å². The van der Waals surface area contributed by atoms with E-state index in [2.05, 4.69) is 178 Å². The lowest BCUT2D eigenvalue weighted by atomic mass is 9.93. The molecule has 51 heavy (non-hydrogen) atoms. The van der Waals surface area contributed by atoms with Gasteiger partial charge in [0.25, 0.3) is 0 Å². The first-order valence-electron chi connectivity index (χ1n) is 17.8. The summed E-state index contributed by atoms with van der Waals surface area (Å²) in [7, 11) is 0. The van der Waals surface area contributed by atoms with Gasteiger partial charge in [-0.25, -0.2) is 0 Å². The van der Waals surface area contributed by atoms with Crippen molar-refractivity contribution in [2.45, 2.75) is 76.2 Å². The fraction of sp³-hybridized carbons (Fsp3) is 0.224. The fourth-order valence-electron chi connectivity index (χ4n) is 7.59. The lowest BCUT2D eigenvalue weighted by Gasteiger charge is -2.28. The number of hydrogen-bond acceptors (Lipinski definition) is 2. The topological polar surface area (TPSA) is 3.24 Å². The third-order valence-corrected chi connectivity index (χ3v) is 10.7. The Balaban J connectivity index is 0.000000944. The third kappa shape index (κ3) is 8.19. The number of aryl methyl sites for hydroxylation is 10. The van der Waals surface area contributed by atoms with Crippen LogP contribution in [0, 0.1) is 69.2 Å². The van der Waals surface area contributed by atoms with Crippen LogP contribution in [0.25, 0.3) is 32.7 Å². The average molecular weight is 690 g/mol. The molecule has 0 radical (unpaired) electrons. The number of thiophene rings is 1. The minimum Gasteiger partial charge on any atom is -0.310 e. The molecule has 6 aromatic rings. The summed E-state index contributed by atoms with van der Waals surface area (Å²) in [5, 5.41) is 0. The highest BCUT2D eigenvalue weighted by molar-refractivity contribution is 7.15. The van der Waals surface area contributed by atoms with Gasteiger partial charge in [0, 0.05) is 28.2 Å². The van der Waals surface area contributed by atoms with Crippen LogP contribution in [0.4, 0.5) is 17.1 Å². The van der Waals surface area contributed by atoms with Crippen molar-refractivity contribution in [1.82, 2.24) is 0 Å². The van der Waals surface area contributed by atoms with Crippen LogP contribution < -0.4 is 4.90 Å². The van der Waals surface area contributed by atoms with E-state index in [0.29, 0.717) is 0 Å². The molecule has 1 aromatic heterocycles. The number of benzene rings is 5. The minimum atomic E-state index is 0. The lowest BCUT2D eigenvalue weighted by Crippen LogP contribution is -2.11. The predicted molar refractivity (Wildman–Crippen MR) is 230 cm³/mol. The van der Waals surface area contributed by atoms with Gasteiger partial charge in [0.1, 0.15) is 0 Å². The average Bonchev–Trinajstić information content (AvgIpc) is 3.38. The van der Waals surface area contributed by atoms with Crippen LogP contribution in [0.2, 0.25) is 0 Å². The zero-order valence-corrected chi connectivity index (χ0v) is 33.3. The Morgan fingerprint density at radius 3 is 1.18 bits per heavy atom. The second-order valence-electron chi connectivity index (χ2n) is 14.4. The van der Waals surface area contributed by atoms with E-state index in [1.165, 1.54) is 93.3 Å². The van der Waals surface area contributed by atoms with Crippen molar-refractivity contribution < 1.29 is 1.43 Å². The number of anilines is 3. The molecule has 0 atom stereocenters. The molecule has 0 N–H and O–H groups in total. The molecule has 1 nitrogen and oxygen atoms in total. The van der Waals surface area contributed by atoms with E-state index in [0.717, 1.165) is 16.9 Å². The molecule has 1 heterocycles. The largest absolute Gasteiger partial charge is 0.310 e. The lowest BCUT2D eigenvalue weighted by molar-refractivity contribution is 1.25. The van der Waals surface area contributed by atoms with Gasteiger partial charge in [-0.15, -0.1) is 11.3 Å². The van der Waals surface area contributed by atoms with Gasteiger partial charge in [-0.3, -0.25) is 0 Å². The first kappa shape index (κ1) is 37.3. The molecule has 0 aliphatic rings. The highest BCUT2D eigenvalue weighted by atomic mass is 32.1.